The van der Waals surface area contributed by atoms with Crippen molar-refractivity contribution < 1.29 is 14.3 Å². The minimum absolute atomic E-state index is 0.193. The van der Waals surface area contributed by atoms with E-state index < -0.39 is 11.9 Å². The van der Waals surface area contributed by atoms with Crippen LogP contribution in [-0.2, 0) is 20.9 Å². The summed E-state index contributed by atoms with van der Waals surface area (Å²) in [6.45, 7) is 2.20. The minimum Gasteiger partial charge on any atom is -0.466 e. The second-order valence-corrected chi connectivity index (χ2v) is 11.4. The molecular formula is C31H26N4O4S2. The first kappa shape index (κ1) is 26.8. The van der Waals surface area contributed by atoms with E-state index in [-0.39, 0.29) is 36.4 Å². The number of ether oxygens (including phenoxy) is 1. The maximum Gasteiger partial charge on any atom is 0.311 e. The predicted octanol–water partition coefficient (Wildman–Crippen LogP) is 3.77. The number of para-hydroxylation sites is 2. The van der Waals surface area contributed by atoms with Crippen LogP contribution in [0.4, 0.5) is 11.4 Å². The summed E-state index contributed by atoms with van der Waals surface area (Å²) in [5, 5.41) is 6.67. The van der Waals surface area contributed by atoms with E-state index in [9.17, 15) is 14.4 Å². The monoisotopic (exact) mass is 582 g/mol. The van der Waals surface area contributed by atoms with E-state index in [4.69, 9.17) is 4.74 Å². The summed E-state index contributed by atoms with van der Waals surface area (Å²) >= 11 is 2.78. The molecule has 0 radical (unpaired) electrons. The van der Waals surface area contributed by atoms with E-state index in [0.717, 1.165) is 21.2 Å². The molecule has 4 aromatic rings. The molecule has 0 unspecified atom stereocenters. The zero-order chi connectivity index (χ0) is 28.5. The minimum atomic E-state index is -0.490. The normalized spacial score (nSPS) is 17.1. The largest absolute Gasteiger partial charge is 0.466 e. The van der Waals surface area contributed by atoms with Crippen molar-refractivity contribution in [3.05, 3.63) is 110 Å². The number of hydrogen-bond acceptors (Lipinski definition) is 8. The van der Waals surface area contributed by atoms with Gasteiger partial charge in [0, 0.05) is 11.9 Å². The van der Waals surface area contributed by atoms with E-state index in [1.807, 2.05) is 84.7 Å². The molecule has 0 saturated heterocycles. The van der Waals surface area contributed by atoms with Gasteiger partial charge < -0.3 is 9.64 Å². The third-order valence-corrected chi connectivity index (χ3v) is 9.30. The number of nitrogens with zero attached hydrogens (tertiary/aromatic N) is 4. The molecule has 1 amide bonds. The highest BCUT2D eigenvalue weighted by molar-refractivity contribution is 8.08. The molecule has 0 spiro atoms. The Hall–Kier alpha value is -4.41. The molecule has 8 nitrogen and oxygen atoms in total. The highest BCUT2D eigenvalue weighted by Gasteiger charge is 2.35. The summed E-state index contributed by atoms with van der Waals surface area (Å²) in [7, 11) is 1.94. The maximum absolute atomic E-state index is 14.2. The molecule has 0 bridgehead atoms. The van der Waals surface area contributed by atoms with Crippen molar-refractivity contribution in [3.8, 4) is 0 Å². The van der Waals surface area contributed by atoms with Crippen LogP contribution in [0, 0.1) is 0 Å². The van der Waals surface area contributed by atoms with E-state index in [1.165, 1.54) is 28.1 Å². The van der Waals surface area contributed by atoms with Crippen molar-refractivity contribution in [1.82, 2.24) is 4.57 Å². The molecule has 1 aromatic heterocycles. The first-order valence-electron chi connectivity index (χ1n) is 13.1. The van der Waals surface area contributed by atoms with Crippen molar-refractivity contribution in [3.63, 3.8) is 0 Å². The third kappa shape index (κ3) is 5.00. The Balaban J connectivity index is 1.61. The predicted molar refractivity (Wildman–Crippen MR) is 164 cm³/mol. The van der Waals surface area contributed by atoms with Gasteiger partial charge in [0.15, 0.2) is 0 Å². The summed E-state index contributed by atoms with van der Waals surface area (Å²) in [6.07, 6.45) is -0.193. The average molecular weight is 583 g/mol. The first-order valence-corrected chi connectivity index (χ1v) is 14.7. The summed E-state index contributed by atoms with van der Waals surface area (Å²) in [5.74, 6) is -0.887. The lowest BCUT2D eigenvalue weighted by molar-refractivity contribution is -0.141. The number of thiazole rings is 1. The molecule has 6 rings (SSSR count). The van der Waals surface area contributed by atoms with Crippen LogP contribution in [0.1, 0.15) is 18.9 Å². The molecule has 0 atom stereocenters. The van der Waals surface area contributed by atoms with Crippen LogP contribution in [0.2, 0.25) is 0 Å². The summed E-state index contributed by atoms with van der Waals surface area (Å²) in [5.41, 5.74) is 2.79. The van der Waals surface area contributed by atoms with Crippen molar-refractivity contribution in [2.75, 3.05) is 23.6 Å². The van der Waals surface area contributed by atoms with Gasteiger partial charge in [-0.25, -0.2) is 0 Å². The highest BCUT2D eigenvalue weighted by atomic mass is 32.2. The molecule has 0 N–H and O–H groups in total. The van der Waals surface area contributed by atoms with Crippen LogP contribution in [0.3, 0.4) is 0 Å². The van der Waals surface area contributed by atoms with Gasteiger partial charge in [-0.15, -0.1) is 11.3 Å². The van der Waals surface area contributed by atoms with Crippen LogP contribution in [0.5, 0.6) is 0 Å². The van der Waals surface area contributed by atoms with Crippen molar-refractivity contribution >= 4 is 62.7 Å². The number of carbonyl (C=O) groups excluding carboxylic acids is 2. The van der Waals surface area contributed by atoms with Crippen molar-refractivity contribution in [1.29, 1.82) is 0 Å². The lowest BCUT2D eigenvalue weighted by atomic mass is 10.1. The number of aromatic nitrogens is 1. The molecule has 0 aliphatic carbocycles. The summed E-state index contributed by atoms with van der Waals surface area (Å²) in [4.78, 5) is 43.9. The zero-order valence-corrected chi connectivity index (χ0v) is 24.1. The van der Waals surface area contributed by atoms with Crippen molar-refractivity contribution in [2.24, 2.45) is 5.10 Å². The molecule has 3 heterocycles. The number of fused-ring (bicyclic) bond motifs is 1. The molecule has 2 aliphatic rings. The number of anilines is 2. The van der Waals surface area contributed by atoms with Gasteiger partial charge in [0.2, 0.25) is 0 Å². The third-order valence-electron chi connectivity index (χ3n) is 6.75. The van der Waals surface area contributed by atoms with Gasteiger partial charge in [0.1, 0.15) is 14.2 Å². The number of amides is 1. The van der Waals surface area contributed by atoms with E-state index >= 15 is 0 Å². The van der Waals surface area contributed by atoms with Crippen LogP contribution in [0.15, 0.2) is 99.7 Å². The number of carbonyl (C=O) groups is 2. The first-order chi connectivity index (χ1) is 20.0. The number of hydrogen-bond donors (Lipinski definition) is 0. The van der Waals surface area contributed by atoms with Gasteiger partial charge in [0.25, 0.3) is 11.5 Å². The molecule has 10 heteroatoms. The molecule has 0 saturated carbocycles. The molecule has 41 heavy (non-hydrogen) atoms. The molecular weight excluding hydrogens is 556 g/mol. The van der Waals surface area contributed by atoms with E-state index in [0.29, 0.717) is 14.9 Å². The average Bonchev–Trinajstić information content (AvgIpc) is 3.60. The van der Waals surface area contributed by atoms with E-state index in [2.05, 4.69) is 5.10 Å². The molecule has 206 valence electrons. The van der Waals surface area contributed by atoms with Gasteiger partial charge >= 0.3 is 5.97 Å². The fraction of sp³-hybridized carbons (Fsp3) is 0.161. The summed E-state index contributed by atoms with van der Waals surface area (Å²) < 4.78 is 7.81. The fourth-order valence-electron chi connectivity index (χ4n) is 4.82. The van der Waals surface area contributed by atoms with Crippen LogP contribution >= 0.6 is 23.1 Å². The van der Waals surface area contributed by atoms with Gasteiger partial charge in [-0.1, -0.05) is 72.4 Å². The zero-order valence-electron chi connectivity index (χ0n) is 22.4. The lowest BCUT2D eigenvalue weighted by Gasteiger charge is -2.11. The topological polar surface area (TPSA) is 84.2 Å². The number of thioether (sulfide) groups is 1. The van der Waals surface area contributed by atoms with Gasteiger partial charge in [-0.3, -0.25) is 19.0 Å². The SMILES string of the molecule is CCOC(=O)CC1=NN(c2ccccc2)C(=O)C1=c1sc(=C2Sc3ccccc3N2C)c(=O)n1Cc1ccccc1. The van der Waals surface area contributed by atoms with Gasteiger partial charge in [0.05, 0.1) is 42.2 Å². The van der Waals surface area contributed by atoms with E-state index in [1.54, 1.807) is 23.6 Å². The Bertz CT molecular complexity index is 1860. The number of hydrazone groups is 1. The number of benzene rings is 3. The molecule has 2 aliphatic heterocycles. The molecule has 0 fully saturated rings. The Morgan fingerprint density at radius 1 is 0.927 bits per heavy atom. The summed E-state index contributed by atoms with van der Waals surface area (Å²) in [6, 6.07) is 26.7. The lowest BCUT2D eigenvalue weighted by Crippen LogP contribution is -2.36. The second-order valence-electron chi connectivity index (χ2n) is 9.40. The Labute approximate surface area is 244 Å². The van der Waals surface area contributed by atoms with Crippen molar-refractivity contribution in [2.45, 2.75) is 24.8 Å². The maximum atomic E-state index is 14.2. The molecule has 3 aromatic carbocycles. The standard InChI is InChI=1S/C31H26N4O4S2/c1-3-39-25(36)18-22-26(28(37)35(32-22)21-14-8-5-9-15-21)30-34(19-20-12-6-4-7-13-20)29(38)27(41-30)31-33(2)23-16-10-11-17-24(23)40-31/h4-17H,3,18-19H2,1-2H3. The van der Waals surface area contributed by atoms with Crippen LogP contribution in [-0.4, -0.2) is 35.8 Å². The quantitative estimate of drug-likeness (QED) is 0.322. The van der Waals surface area contributed by atoms with Gasteiger partial charge in [-0.05, 0) is 36.8 Å². The highest BCUT2D eigenvalue weighted by Crippen LogP contribution is 2.45. The fourth-order valence-corrected chi connectivity index (χ4v) is 7.33. The number of rotatable bonds is 6. The van der Waals surface area contributed by atoms with Gasteiger partial charge in [-0.2, -0.15) is 10.1 Å². The Morgan fingerprint density at radius 2 is 1.61 bits per heavy atom. The Kier molecular flexibility index (Phi) is 7.34. The van der Waals surface area contributed by atoms with Crippen LogP contribution < -0.4 is 24.7 Å². The smallest absolute Gasteiger partial charge is 0.311 e. The number of esters is 1. The van der Waals surface area contributed by atoms with Crippen LogP contribution in [0.25, 0.3) is 10.6 Å². The Morgan fingerprint density at radius 3 is 2.32 bits per heavy atom. The second kappa shape index (κ2) is 11.2.